The third-order valence-corrected chi connectivity index (χ3v) is 3.29. The van der Waals surface area contributed by atoms with Crippen molar-refractivity contribution in [2.75, 3.05) is 7.11 Å². The van der Waals surface area contributed by atoms with E-state index in [4.69, 9.17) is 0 Å². The van der Waals surface area contributed by atoms with Crippen molar-refractivity contribution in [2.24, 2.45) is 0 Å². The maximum absolute atomic E-state index is 12.1. The van der Waals surface area contributed by atoms with Crippen LogP contribution in [0.1, 0.15) is 52.7 Å². The van der Waals surface area contributed by atoms with Gasteiger partial charge in [0, 0.05) is 12.7 Å². The number of rotatable bonds is 6. The van der Waals surface area contributed by atoms with Crippen LogP contribution in [0.4, 0.5) is 0 Å². The van der Waals surface area contributed by atoms with Crippen LogP contribution in [0.25, 0.3) is 6.08 Å². The fourth-order valence-corrected chi connectivity index (χ4v) is 2.01. The van der Waals surface area contributed by atoms with Crippen molar-refractivity contribution in [3.8, 4) is 0 Å². The zero-order chi connectivity index (χ0) is 19.5. The van der Waals surface area contributed by atoms with Gasteiger partial charge >= 0.3 is 5.97 Å². The summed E-state index contributed by atoms with van der Waals surface area (Å²) in [4.78, 5) is 37.2. The summed E-state index contributed by atoms with van der Waals surface area (Å²) in [6, 6.07) is 8.46. The van der Waals surface area contributed by atoms with Crippen LogP contribution in [-0.4, -0.2) is 29.8 Å². The zero-order valence-corrected chi connectivity index (χ0v) is 15.5. The van der Waals surface area contributed by atoms with Crippen LogP contribution in [-0.2, 0) is 16.1 Å². The average molecular weight is 356 g/mol. The molecule has 0 aliphatic rings. The lowest BCUT2D eigenvalue weighted by molar-refractivity contribution is -0.112. The van der Waals surface area contributed by atoms with Gasteiger partial charge in [-0.1, -0.05) is 26.0 Å². The third kappa shape index (κ3) is 6.39. The monoisotopic (exact) mass is 356 g/mol. The molecule has 0 atom stereocenters. The SMILES string of the molecule is CC.COC(=O)c1ccc(CNC(=O)c2cc(/C=C/C(C)=O)c[nH]2)cc1. The molecule has 2 rings (SSSR count). The molecule has 1 heterocycles. The largest absolute Gasteiger partial charge is 0.465 e. The molecule has 6 nitrogen and oxygen atoms in total. The van der Waals surface area contributed by atoms with Gasteiger partial charge < -0.3 is 15.0 Å². The van der Waals surface area contributed by atoms with E-state index in [0.29, 0.717) is 17.8 Å². The maximum Gasteiger partial charge on any atom is 0.337 e. The lowest BCUT2D eigenvalue weighted by Gasteiger charge is -2.05. The number of aromatic nitrogens is 1. The van der Waals surface area contributed by atoms with Gasteiger partial charge in [-0.15, -0.1) is 0 Å². The first-order valence-electron chi connectivity index (χ1n) is 8.32. The van der Waals surface area contributed by atoms with Gasteiger partial charge in [0.2, 0.25) is 0 Å². The number of carbonyl (C=O) groups excluding carboxylic acids is 3. The molecule has 0 saturated carbocycles. The first-order valence-corrected chi connectivity index (χ1v) is 8.32. The average Bonchev–Trinajstić information content (AvgIpc) is 3.15. The number of hydrogen-bond donors (Lipinski definition) is 2. The molecular formula is C20H24N2O4. The second-order valence-electron chi connectivity index (χ2n) is 5.16. The summed E-state index contributed by atoms with van der Waals surface area (Å²) in [5.41, 5.74) is 2.47. The minimum absolute atomic E-state index is 0.0578. The van der Waals surface area contributed by atoms with Crippen molar-refractivity contribution < 1.29 is 19.1 Å². The van der Waals surface area contributed by atoms with E-state index >= 15 is 0 Å². The summed E-state index contributed by atoms with van der Waals surface area (Å²) in [5, 5.41) is 2.78. The number of allylic oxidation sites excluding steroid dienone is 1. The van der Waals surface area contributed by atoms with Crippen molar-refractivity contribution >= 4 is 23.7 Å². The van der Waals surface area contributed by atoms with Gasteiger partial charge in [0.1, 0.15) is 5.69 Å². The Labute approximate surface area is 153 Å². The molecule has 0 aliphatic carbocycles. The quantitative estimate of drug-likeness (QED) is 0.614. The molecule has 1 aromatic heterocycles. The summed E-state index contributed by atoms with van der Waals surface area (Å²) in [6.45, 7) is 5.79. The molecule has 0 unspecified atom stereocenters. The van der Waals surface area contributed by atoms with Gasteiger partial charge in [0.05, 0.1) is 12.7 Å². The first-order chi connectivity index (χ1) is 12.5. The number of esters is 1. The van der Waals surface area contributed by atoms with E-state index in [1.165, 1.54) is 20.1 Å². The third-order valence-electron chi connectivity index (χ3n) is 3.29. The van der Waals surface area contributed by atoms with Gasteiger partial charge in [0.15, 0.2) is 5.78 Å². The highest BCUT2D eigenvalue weighted by Gasteiger charge is 2.08. The number of hydrogen-bond acceptors (Lipinski definition) is 4. The maximum atomic E-state index is 12.1. The van der Waals surface area contributed by atoms with Gasteiger partial charge in [-0.2, -0.15) is 0 Å². The highest BCUT2D eigenvalue weighted by atomic mass is 16.5. The Bertz CT molecular complexity index is 773. The van der Waals surface area contributed by atoms with E-state index < -0.39 is 5.97 Å². The number of aromatic amines is 1. The van der Waals surface area contributed by atoms with Gasteiger partial charge in [-0.05, 0) is 48.4 Å². The number of ether oxygens (including phenoxy) is 1. The summed E-state index contributed by atoms with van der Waals surface area (Å²) >= 11 is 0. The van der Waals surface area contributed by atoms with Crippen LogP contribution in [0.15, 0.2) is 42.6 Å². The van der Waals surface area contributed by atoms with Gasteiger partial charge in [0.25, 0.3) is 5.91 Å². The van der Waals surface area contributed by atoms with Gasteiger partial charge in [-0.25, -0.2) is 4.79 Å². The Balaban J connectivity index is 0.00000163. The highest BCUT2D eigenvalue weighted by Crippen LogP contribution is 2.08. The molecular weight excluding hydrogens is 332 g/mol. The molecule has 0 aliphatic heterocycles. The number of benzene rings is 1. The number of carbonyl (C=O) groups is 3. The summed E-state index contributed by atoms with van der Waals surface area (Å²) in [7, 11) is 1.33. The van der Waals surface area contributed by atoms with Crippen LogP contribution in [0, 0.1) is 0 Å². The van der Waals surface area contributed by atoms with Crippen LogP contribution >= 0.6 is 0 Å². The minimum Gasteiger partial charge on any atom is -0.465 e. The molecule has 0 spiro atoms. The predicted octanol–water partition coefficient (Wildman–Crippen LogP) is 3.36. The van der Waals surface area contributed by atoms with E-state index in [0.717, 1.165) is 11.1 Å². The molecule has 0 bridgehead atoms. The molecule has 0 radical (unpaired) electrons. The highest BCUT2D eigenvalue weighted by molar-refractivity contribution is 5.94. The topological polar surface area (TPSA) is 88.3 Å². The number of ketones is 1. The molecule has 0 fully saturated rings. The first kappa shape index (κ1) is 20.9. The molecule has 138 valence electrons. The van der Waals surface area contributed by atoms with E-state index in [1.54, 1.807) is 42.6 Å². The number of amides is 1. The Morgan fingerprint density at radius 1 is 1.15 bits per heavy atom. The molecule has 2 aromatic rings. The molecule has 1 amide bonds. The van der Waals surface area contributed by atoms with Crippen LogP contribution in [0.3, 0.4) is 0 Å². The second kappa shape index (κ2) is 10.7. The van der Waals surface area contributed by atoms with E-state index in [-0.39, 0.29) is 11.7 Å². The number of nitrogens with one attached hydrogen (secondary N) is 2. The zero-order valence-electron chi connectivity index (χ0n) is 15.5. The van der Waals surface area contributed by atoms with E-state index in [9.17, 15) is 14.4 Å². The van der Waals surface area contributed by atoms with E-state index in [1.807, 2.05) is 13.8 Å². The lowest BCUT2D eigenvalue weighted by Crippen LogP contribution is -2.23. The fourth-order valence-electron chi connectivity index (χ4n) is 2.01. The van der Waals surface area contributed by atoms with Crippen molar-refractivity contribution in [1.82, 2.24) is 10.3 Å². The normalized spacial score (nSPS) is 10.0. The molecule has 0 saturated heterocycles. The predicted molar refractivity (Wildman–Crippen MR) is 101 cm³/mol. The number of H-pyrrole nitrogens is 1. The summed E-state index contributed by atoms with van der Waals surface area (Å²) in [5.74, 6) is -0.713. The Hall–Kier alpha value is -3.15. The summed E-state index contributed by atoms with van der Waals surface area (Å²) in [6.07, 6.45) is 4.73. The molecule has 26 heavy (non-hydrogen) atoms. The second-order valence-corrected chi connectivity index (χ2v) is 5.16. The van der Waals surface area contributed by atoms with Crippen molar-refractivity contribution in [2.45, 2.75) is 27.3 Å². The Kier molecular flexibility index (Phi) is 8.57. The van der Waals surface area contributed by atoms with Gasteiger partial charge in [-0.3, -0.25) is 9.59 Å². The van der Waals surface area contributed by atoms with Crippen molar-refractivity contribution in [1.29, 1.82) is 0 Å². The van der Waals surface area contributed by atoms with Crippen LogP contribution in [0.2, 0.25) is 0 Å². The van der Waals surface area contributed by atoms with Crippen molar-refractivity contribution in [3.63, 3.8) is 0 Å². The van der Waals surface area contributed by atoms with Crippen LogP contribution < -0.4 is 5.32 Å². The Morgan fingerprint density at radius 3 is 2.38 bits per heavy atom. The Morgan fingerprint density at radius 2 is 1.81 bits per heavy atom. The minimum atomic E-state index is -0.400. The smallest absolute Gasteiger partial charge is 0.337 e. The molecule has 6 heteroatoms. The molecule has 2 N–H and O–H groups in total. The lowest BCUT2D eigenvalue weighted by atomic mass is 10.1. The fraction of sp³-hybridized carbons (Fsp3) is 0.250. The van der Waals surface area contributed by atoms with Crippen LogP contribution in [0.5, 0.6) is 0 Å². The summed E-state index contributed by atoms with van der Waals surface area (Å²) < 4.78 is 4.63. The standard InChI is InChI=1S/C18H18N2O4.C2H6/c1-12(21)3-4-14-9-16(19-11-14)17(22)20-10-13-5-7-15(8-6-13)18(23)24-2;1-2/h3-9,11,19H,10H2,1-2H3,(H,20,22);1-2H3/b4-3+;. The number of methoxy groups -OCH3 is 1. The van der Waals surface area contributed by atoms with E-state index in [2.05, 4.69) is 15.0 Å². The van der Waals surface area contributed by atoms with Crippen molar-refractivity contribution in [3.05, 3.63) is 65.0 Å². The molecule has 1 aromatic carbocycles.